The molecule has 20 heavy (non-hydrogen) atoms. The molecule has 1 heterocycles. The molecule has 0 aliphatic rings. The number of hydrogen-bond donors (Lipinski definition) is 1. The highest BCUT2D eigenvalue weighted by atomic mass is 32.1. The van der Waals surface area contributed by atoms with Crippen LogP contribution >= 0.6 is 11.3 Å². The van der Waals surface area contributed by atoms with Crippen LogP contribution in [0, 0.1) is 13.8 Å². The number of benzene rings is 1. The van der Waals surface area contributed by atoms with Crippen LogP contribution in [-0.4, -0.2) is 22.7 Å². The molecule has 0 atom stereocenters. The summed E-state index contributed by atoms with van der Waals surface area (Å²) in [6.45, 7) is 4.37. The lowest BCUT2D eigenvalue weighted by molar-refractivity contribution is 0.0701. The zero-order valence-electron chi connectivity index (χ0n) is 11.5. The monoisotopic (exact) mass is 291 g/mol. The molecule has 0 spiro atoms. The van der Waals surface area contributed by atoms with Crippen LogP contribution in [0.4, 0.5) is 0 Å². The van der Waals surface area contributed by atoms with Crippen molar-refractivity contribution in [2.75, 3.05) is 6.61 Å². The summed E-state index contributed by atoms with van der Waals surface area (Å²) in [5, 5.41) is 9.82. The third kappa shape index (κ3) is 3.81. The minimum atomic E-state index is -0.901. The highest BCUT2D eigenvalue weighted by Gasteiger charge is 2.13. The normalized spacial score (nSPS) is 10.5. The Balaban J connectivity index is 1.80. The second kappa shape index (κ2) is 6.52. The van der Waals surface area contributed by atoms with E-state index < -0.39 is 5.97 Å². The fourth-order valence-electron chi connectivity index (χ4n) is 1.81. The number of carboxylic acids is 1. The lowest BCUT2D eigenvalue weighted by Crippen LogP contribution is -1.99. The molecular formula is C15H17NO3S. The molecule has 0 saturated heterocycles. The van der Waals surface area contributed by atoms with Crippen molar-refractivity contribution < 1.29 is 14.6 Å². The maximum atomic E-state index is 10.9. The van der Waals surface area contributed by atoms with E-state index >= 15 is 0 Å². The zero-order valence-corrected chi connectivity index (χ0v) is 12.4. The Bertz CT molecular complexity index is 590. The van der Waals surface area contributed by atoms with Crippen LogP contribution in [0.25, 0.3) is 0 Å². The van der Waals surface area contributed by atoms with Crippen LogP contribution in [0.15, 0.2) is 24.3 Å². The average molecular weight is 291 g/mol. The van der Waals surface area contributed by atoms with Crippen LogP contribution in [0.5, 0.6) is 5.75 Å². The van der Waals surface area contributed by atoms with E-state index in [0.29, 0.717) is 17.2 Å². The smallest absolute Gasteiger partial charge is 0.347 e. The van der Waals surface area contributed by atoms with E-state index in [0.717, 1.165) is 23.6 Å². The van der Waals surface area contributed by atoms with Gasteiger partial charge in [-0.25, -0.2) is 9.78 Å². The van der Waals surface area contributed by atoms with E-state index in [1.54, 1.807) is 6.92 Å². The summed E-state index contributed by atoms with van der Waals surface area (Å²) in [7, 11) is 0. The van der Waals surface area contributed by atoms with Crippen LogP contribution < -0.4 is 4.74 Å². The third-order valence-electron chi connectivity index (χ3n) is 2.86. The van der Waals surface area contributed by atoms with Gasteiger partial charge in [0.25, 0.3) is 0 Å². The number of aryl methyl sites for hydroxylation is 3. The zero-order chi connectivity index (χ0) is 14.5. The third-order valence-corrected chi connectivity index (χ3v) is 4.07. The molecule has 2 aromatic rings. The van der Waals surface area contributed by atoms with Crippen molar-refractivity contribution in [1.29, 1.82) is 0 Å². The minimum Gasteiger partial charge on any atom is -0.494 e. The molecule has 0 aliphatic heterocycles. The van der Waals surface area contributed by atoms with Crippen molar-refractivity contribution in [2.45, 2.75) is 26.7 Å². The molecule has 2 rings (SSSR count). The van der Waals surface area contributed by atoms with Gasteiger partial charge < -0.3 is 9.84 Å². The van der Waals surface area contributed by atoms with Gasteiger partial charge in [0.05, 0.1) is 17.3 Å². The van der Waals surface area contributed by atoms with Crippen LogP contribution in [0.2, 0.25) is 0 Å². The molecule has 0 aliphatic carbocycles. The van der Waals surface area contributed by atoms with Crippen LogP contribution in [-0.2, 0) is 6.42 Å². The predicted octanol–water partition coefficient (Wildman–Crippen LogP) is 3.47. The second-order valence-electron chi connectivity index (χ2n) is 4.59. The summed E-state index contributed by atoms with van der Waals surface area (Å²) in [6, 6.07) is 7.92. The highest BCUT2D eigenvalue weighted by molar-refractivity contribution is 7.13. The molecule has 4 nitrogen and oxygen atoms in total. The van der Waals surface area contributed by atoms with Gasteiger partial charge in [-0.15, -0.1) is 11.3 Å². The number of thiazole rings is 1. The van der Waals surface area contributed by atoms with E-state index in [2.05, 4.69) is 4.98 Å². The fourth-order valence-corrected chi connectivity index (χ4v) is 2.75. The lowest BCUT2D eigenvalue weighted by Gasteiger charge is -2.05. The van der Waals surface area contributed by atoms with Gasteiger partial charge in [-0.1, -0.05) is 17.7 Å². The SMILES string of the molecule is Cc1ccc(OCCCc2nc(C)c(C(=O)O)s2)cc1. The van der Waals surface area contributed by atoms with E-state index in [9.17, 15) is 4.79 Å². The van der Waals surface area contributed by atoms with Gasteiger partial charge in [-0.05, 0) is 32.4 Å². The molecule has 0 fully saturated rings. The first-order valence-corrected chi connectivity index (χ1v) is 7.27. The second-order valence-corrected chi connectivity index (χ2v) is 5.68. The number of nitrogens with zero attached hydrogens (tertiary/aromatic N) is 1. The summed E-state index contributed by atoms with van der Waals surface area (Å²) in [5.74, 6) is -0.0423. The summed E-state index contributed by atoms with van der Waals surface area (Å²) in [6.07, 6.45) is 1.56. The number of rotatable bonds is 6. The van der Waals surface area contributed by atoms with E-state index in [-0.39, 0.29) is 0 Å². The van der Waals surface area contributed by atoms with E-state index in [1.807, 2.05) is 31.2 Å². The molecule has 0 radical (unpaired) electrons. The maximum Gasteiger partial charge on any atom is 0.347 e. The van der Waals surface area contributed by atoms with Gasteiger partial charge in [-0.3, -0.25) is 0 Å². The molecule has 1 aromatic heterocycles. The molecule has 0 saturated carbocycles. The van der Waals surface area contributed by atoms with Gasteiger partial charge in [0.1, 0.15) is 10.6 Å². The van der Waals surface area contributed by atoms with E-state index in [1.165, 1.54) is 16.9 Å². The fraction of sp³-hybridized carbons (Fsp3) is 0.333. The Kier molecular flexibility index (Phi) is 4.74. The molecular weight excluding hydrogens is 274 g/mol. The molecule has 106 valence electrons. The average Bonchev–Trinajstić information content (AvgIpc) is 2.78. The van der Waals surface area contributed by atoms with Crippen molar-refractivity contribution >= 4 is 17.3 Å². The number of aromatic carboxylic acids is 1. The Labute approximate surface area is 122 Å². The first-order chi connectivity index (χ1) is 9.56. The number of carboxylic acid groups (broad SMARTS) is 1. The van der Waals surface area contributed by atoms with E-state index in [4.69, 9.17) is 9.84 Å². The van der Waals surface area contributed by atoms with Crippen molar-refractivity contribution in [2.24, 2.45) is 0 Å². The Morgan fingerprint density at radius 3 is 2.60 bits per heavy atom. The molecule has 0 bridgehead atoms. The van der Waals surface area contributed by atoms with Crippen molar-refractivity contribution in [3.63, 3.8) is 0 Å². The summed E-state index contributed by atoms with van der Waals surface area (Å²) >= 11 is 1.25. The van der Waals surface area contributed by atoms with Gasteiger partial charge in [0.15, 0.2) is 0 Å². The quantitative estimate of drug-likeness (QED) is 0.828. The summed E-state index contributed by atoms with van der Waals surface area (Å²) in [4.78, 5) is 15.5. The van der Waals surface area contributed by atoms with Crippen molar-refractivity contribution in [3.05, 3.63) is 45.4 Å². The summed E-state index contributed by atoms with van der Waals surface area (Å²) in [5.41, 5.74) is 1.80. The molecule has 0 amide bonds. The summed E-state index contributed by atoms with van der Waals surface area (Å²) < 4.78 is 5.63. The first-order valence-electron chi connectivity index (χ1n) is 6.45. The highest BCUT2D eigenvalue weighted by Crippen LogP contribution is 2.19. The Hall–Kier alpha value is -1.88. The van der Waals surface area contributed by atoms with Crippen LogP contribution in [0.3, 0.4) is 0 Å². The topological polar surface area (TPSA) is 59.4 Å². The number of carbonyl (C=O) groups is 1. The van der Waals surface area contributed by atoms with Crippen molar-refractivity contribution in [3.8, 4) is 5.75 Å². The van der Waals surface area contributed by atoms with Gasteiger partial charge >= 0.3 is 5.97 Å². The van der Waals surface area contributed by atoms with Crippen molar-refractivity contribution in [1.82, 2.24) is 4.98 Å². The number of hydrogen-bond acceptors (Lipinski definition) is 4. The largest absolute Gasteiger partial charge is 0.494 e. The van der Waals surface area contributed by atoms with Gasteiger partial charge in [0, 0.05) is 6.42 Å². The molecule has 1 aromatic carbocycles. The number of ether oxygens (including phenoxy) is 1. The lowest BCUT2D eigenvalue weighted by atomic mass is 10.2. The first kappa shape index (κ1) is 14.5. The predicted molar refractivity (Wildman–Crippen MR) is 78.8 cm³/mol. The molecule has 0 unspecified atom stereocenters. The Morgan fingerprint density at radius 2 is 2.00 bits per heavy atom. The van der Waals surface area contributed by atoms with Gasteiger partial charge in [-0.2, -0.15) is 0 Å². The maximum absolute atomic E-state index is 10.9. The standard InChI is InChI=1S/C15H17NO3S/c1-10-5-7-12(8-6-10)19-9-3-4-13-16-11(2)14(20-13)15(17)18/h5-8H,3-4,9H2,1-2H3,(H,17,18). The molecule has 1 N–H and O–H groups in total. The minimum absolute atomic E-state index is 0.333. The number of aromatic nitrogens is 1. The molecule has 5 heteroatoms. The van der Waals surface area contributed by atoms with Crippen LogP contribution in [0.1, 0.15) is 32.4 Å². The van der Waals surface area contributed by atoms with Gasteiger partial charge in [0.2, 0.25) is 0 Å². The Morgan fingerprint density at radius 1 is 1.30 bits per heavy atom.